The topological polar surface area (TPSA) is 111 Å². The summed E-state index contributed by atoms with van der Waals surface area (Å²) < 4.78 is 42.2. The highest BCUT2D eigenvalue weighted by Gasteiger charge is 2.46. The van der Waals surface area contributed by atoms with Crippen LogP contribution >= 0.6 is 11.8 Å². The highest BCUT2D eigenvalue weighted by Crippen LogP contribution is 2.46. The number of carbonyl (C=O) groups excluding carboxylic acids is 2. The van der Waals surface area contributed by atoms with Crippen molar-refractivity contribution in [3.05, 3.63) is 59.4 Å². The zero-order valence-corrected chi connectivity index (χ0v) is 28.3. The molecule has 12 heteroatoms. The number of amides is 2. The number of aliphatic carboxylic acids is 1. The van der Waals surface area contributed by atoms with Crippen LogP contribution in [0, 0.1) is 11.3 Å². The Bertz CT molecular complexity index is 1460. The van der Waals surface area contributed by atoms with Crippen LogP contribution in [0.3, 0.4) is 0 Å². The Morgan fingerprint density at radius 1 is 1.04 bits per heavy atom. The Morgan fingerprint density at radius 3 is 2.42 bits per heavy atom. The molecule has 8 nitrogen and oxygen atoms in total. The molecule has 2 N–H and O–H groups in total. The van der Waals surface area contributed by atoms with Gasteiger partial charge in [0, 0.05) is 36.8 Å². The molecule has 0 spiro atoms. The van der Waals surface area contributed by atoms with E-state index in [2.05, 4.69) is 4.98 Å². The van der Waals surface area contributed by atoms with Crippen LogP contribution in [0.1, 0.15) is 99.2 Å². The number of aliphatic hydroxyl groups is 1. The van der Waals surface area contributed by atoms with Crippen molar-refractivity contribution in [2.75, 3.05) is 32.1 Å². The lowest BCUT2D eigenvalue weighted by Crippen LogP contribution is -2.55. The third kappa shape index (κ3) is 7.39. The third-order valence-corrected chi connectivity index (χ3v) is 11.8. The second kappa shape index (κ2) is 15.2. The van der Waals surface area contributed by atoms with Gasteiger partial charge >= 0.3 is 11.9 Å². The molecule has 2 amide bonds. The summed E-state index contributed by atoms with van der Waals surface area (Å²) in [4.78, 5) is 47.6. The number of pyridine rings is 1. The van der Waals surface area contributed by atoms with E-state index in [1.165, 1.54) is 17.2 Å². The average Bonchev–Trinajstić information content (AvgIpc) is 3.07. The molecule has 3 fully saturated rings. The summed E-state index contributed by atoms with van der Waals surface area (Å²) in [6.45, 7) is 0.931. The first kappa shape index (κ1) is 36.2. The van der Waals surface area contributed by atoms with Gasteiger partial charge in [0.25, 0.3) is 5.91 Å². The van der Waals surface area contributed by atoms with E-state index < -0.39 is 58.7 Å². The number of piperidine rings is 2. The largest absolute Gasteiger partial charge is 0.481 e. The monoisotopic (exact) mass is 689 g/mol. The minimum Gasteiger partial charge on any atom is -0.481 e. The summed E-state index contributed by atoms with van der Waals surface area (Å²) in [6, 6.07) is 9.47. The van der Waals surface area contributed by atoms with Crippen molar-refractivity contribution in [1.29, 1.82) is 0 Å². The molecule has 2 atom stereocenters. The fourth-order valence-electron chi connectivity index (χ4n) is 7.67. The quantitative estimate of drug-likeness (QED) is 0.176. The van der Waals surface area contributed by atoms with Crippen molar-refractivity contribution < 1.29 is 37.8 Å². The molecule has 3 aliphatic rings. The second-order valence-corrected chi connectivity index (χ2v) is 14.7. The maximum Gasteiger partial charge on any atom is 0.309 e. The SMILES string of the molecule is CCCC1C(C(=O)N2CCC(O)(c3ccccc3SCCCC3(C(=O)O)CCC3)CC2)CCCN1C(=O)c1ncccc1C(F)(F)CF. The van der Waals surface area contributed by atoms with Gasteiger partial charge in [-0.1, -0.05) is 38.0 Å². The van der Waals surface area contributed by atoms with E-state index in [1.807, 2.05) is 31.2 Å². The predicted molar refractivity (Wildman–Crippen MR) is 177 cm³/mol. The Morgan fingerprint density at radius 2 is 1.77 bits per heavy atom. The van der Waals surface area contributed by atoms with Gasteiger partial charge in [-0.2, -0.15) is 8.78 Å². The number of carboxylic acids is 1. The summed E-state index contributed by atoms with van der Waals surface area (Å²) in [5.74, 6) is -5.18. The van der Waals surface area contributed by atoms with Crippen molar-refractivity contribution in [1.82, 2.24) is 14.8 Å². The maximum absolute atomic E-state index is 14.5. The number of aromatic nitrogens is 1. The van der Waals surface area contributed by atoms with Gasteiger partial charge in [0.2, 0.25) is 5.91 Å². The van der Waals surface area contributed by atoms with Crippen molar-refractivity contribution in [3.8, 4) is 0 Å². The van der Waals surface area contributed by atoms with Crippen molar-refractivity contribution in [3.63, 3.8) is 0 Å². The van der Waals surface area contributed by atoms with Crippen molar-refractivity contribution in [2.45, 2.75) is 100 Å². The van der Waals surface area contributed by atoms with E-state index in [0.29, 0.717) is 58.0 Å². The first-order valence-electron chi connectivity index (χ1n) is 17.1. The number of carbonyl (C=O) groups is 3. The molecule has 2 unspecified atom stereocenters. The van der Waals surface area contributed by atoms with Crippen LogP contribution in [-0.2, 0) is 21.1 Å². The maximum atomic E-state index is 14.5. The molecule has 48 heavy (non-hydrogen) atoms. The van der Waals surface area contributed by atoms with Crippen LogP contribution in [0.4, 0.5) is 13.2 Å². The highest BCUT2D eigenvalue weighted by molar-refractivity contribution is 7.99. The molecule has 2 aromatic rings. The molecule has 2 aliphatic heterocycles. The van der Waals surface area contributed by atoms with Gasteiger partial charge in [-0.3, -0.25) is 19.4 Å². The number of likely N-dealkylation sites (tertiary alicyclic amines) is 2. The lowest BCUT2D eigenvalue weighted by atomic mass is 9.66. The molecule has 262 valence electrons. The molecule has 5 rings (SSSR count). The van der Waals surface area contributed by atoms with Gasteiger partial charge in [-0.05, 0) is 87.3 Å². The lowest BCUT2D eigenvalue weighted by molar-refractivity contribution is -0.155. The van der Waals surface area contributed by atoms with E-state index in [4.69, 9.17) is 0 Å². The first-order chi connectivity index (χ1) is 23.0. The Balaban J connectivity index is 1.24. The predicted octanol–water partition coefficient (Wildman–Crippen LogP) is 6.80. The number of halogens is 3. The number of hydrogen-bond acceptors (Lipinski definition) is 6. The minimum absolute atomic E-state index is 0.116. The molecule has 0 radical (unpaired) electrons. The molecule has 1 aliphatic carbocycles. The van der Waals surface area contributed by atoms with Crippen LogP contribution in [0.5, 0.6) is 0 Å². The Hall–Kier alpha value is -3.12. The van der Waals surface area contributed by atoms with E-state index in [1.54, 1.807) is 16.7 Å². The summed E-state index contributed by atoms with van der Waals surface area (Å²) in [5.41, 5.74) is -2.14. The molecule has 1 aromatic heterocycles. The molecular weight excluding hydrogens is 643 g/mol. The summed E-state index contributed by atoms with van der Waals surface area (Å²) in [7, 11) is 0. The molecule has 1 aromatic carbocycles. The Kier molecular flexibility index (Phi) is 11.4. The van der Waals surface area contributed by atoms with Crippen molar-refractivity contribution in [2.24, 2.45) is 11.3 Å². The normalized spacial score (nSPS) is 22.2. The van der Waals surface area contributed by atoms with E-state index in [-0.39, 0.29) is 12.5 Å². The summed E-state index contributed by atoms with van der Waals surface area (Å²) in [6.07, 6.45) is 7.98. The number of nitrogens with zero attached hydrogens (tertiary/aromatic N) is 3. The van der Waals surface area contributed by atoms with Crippen LogP contribution in [0.15, 0.2) is 47.5 Å². The number of carboxylic acid groups (broad SMARTS) is 1. The number of hydrogen-bond donors (Lipinski definition) is 2. The van der Waals surface area contributed by atoms with Gasteiger partial charge in [0.15, 0.2) is 6.67 Å². The number of thioether (sulfide) groups is 1. The van der Waals surface area contributed by atoms with Gasteiger partial charge in [-0.25, -0.2) is 4.39 Å². The average molecular weight is 690 g/mol. The van der Waals surface area contributed by atoms with Gasteiger partial charge < -0.3 is 20.0 Å². The molecule has 1 saturated carbocycles. The smallest absolute Gasteiger partial charge is 0.309 e. The fraction of sp³-hybridized carbons (Fsp3) is 0.611. The van der Waals surface area contributed by atoms with Gasteiger partial charge in [0.1, 0.15) is 5.69 Å². The van der Waals surface area contributed by atoms with Crippen LogP contribution in [0.2, 0.25) is 0 Å². The van der Waals surface area contributed by atoms with Crippen LogP contribution < -0.4 is 0 Å². The summed E-state index contributed by atoms with van der Waals surface area (Å²) >= 11 is 1.62. The van der Waals surface area contributed by atoms with E-state index >= 15 is 0 Å². The summed E-state index contributed by atoms with van der Waals surface area (Å²) in [5, 5.41) is 21.5. The molecule has 3 heterocycles. The van der Waals surface area contributed by atoms with Crippen LogP contribution in [0.25, 0.3) is 0 Å². The molecule has 0 bridgehead atoms. The zero-order valence-electron chi connectivity index (χ0n) is 27.5. The fourth-order valence-corrected chi connectivity index (χ4v) is 8.77. The van der Waals surface area contributed by atoms with Crippen LogP contribution in [-0.4, -0.2) is 80.9 Å². The van der Waals surface area contributed by atoms with Crippen molar-refractivity contribution >= 4 is 29.5 Å². The van der Waals surface area contributed by atoms with E-state index in [9.17, 15) is 37.8 Å². The number of rotatable bonds is 13. The highest BCUT2D eigenvalue weighted by atomic mass is 32.2. The van der Waals surface area contributed by atoms with E-state index in [0.717, 1.165) is 48.0 Å². The molecule has 2 saturated heterocycles. The first-order valence-corrected chi connectivity index (χ1v) is 18.1. The molecular formula is C36H46F3N3O5S. The second-order valence-electron chi connectivity index (χ2n) is 13.6. The third-order valence-electron chi connectivity index (χ3n) is 10.6. The van der Waals surface area contributed by atoms with Gasteiger partial charge in [0.05, 0.1) is 22.5 Å². The standard InChI is InChI=1S/C36H46F3N3O5S/c1-2-9-28-25(10-6-20-42(28)32(44)30-27(12-5-19-40-30)36(38,39)24-37)31(43)41-21-17-35(47,18-22-41)26-11-3-4-13-29(26)48-23-8-16-34(33(45)46)14-7-15-34/h3-5,11-13,19,25,28,47H,2,6-10,14-18,20-24H2,1H3,(H,45,46). The number of benzene rings is 1. The Labute approximate surface area is 284 Å². The van der Waals surface area contributed by atoms with Gasteiger partial charge in [-0.15, -0.1) is 11.8 Å². The number of alkyl halides is 3. The minimum atomic E-state index is -3.86. The zero-order chi connectivity index (χ0) is 34.5. The lowest BCUT2D eigenvalue weighted by Gasteiger charge is -2.45.